The lowest BCUT2D eigenvalue weighted by atomic mass is 10.1. The fraction of sp³-hybridized carbons (Fsp3) is 0.600. The number of carbonyl (C=O) groups excluding carboxylic acids is 1. The van der Waals surface area contributed by atoms with Crippen LogP contribution in [0.5, 0.6) is 6.01 Å². The smallest absolute Gasteiger partial charge is 0.321 e. The third-order valence-corrected chi connectivity index (χ3v) is 3.75. The zero-order chi connectivity index (χ0) is 14.9. The van der Waals surface area contributed by atoms with Crippen LogP contribution >= 0.6 is 0 Å². The molecule has 0 spiro atoms. The summed E-state index contributed by atoms with van der Waals surface area (Å²) >= 11 is 0. The topological polar surface area (TPSA) is 128 Å². The molecule has 2 N–H and O–H groups in total. The van der Waals surface area contributed by atoms with E-state index in [0.29, 0.717) is 5.82 Å². The van der Waals surface area contributed by atoms with Crippen molar-refractivity contribution in [3.8, 4) is 6.01 Å². The van der Waals surface area contributed by atoms with Crippen LogP contribution in [0.1, 0.15) is 12.2 Å². The number of anilines is 1. The Hall–Kier alpha value is -1.81. The summed E-state index contributed by atoms with van der Waals surface area (Å²) < 4.78 is 27.1. The molecule has 110 valence electrons. The first-order chi connectivity index (χ1) is 9.28. The first-order valence-electron chi connectivity index (χ1n) is 5.86. The van der Waals surface area contributed by atoms with Gasteiger partial charge in [0.25, 0.3) is 0 Å². The Labute approximate surface area is 116 Å². The van der Waals surface area contributed by atoms with E-state index in [9.17, 15) is 13.2 Å². The maximum atomic E-state index is 11.9. The predicted octanol–water partition coefficient (Wildman–Crippen LogP) is -1.17. The van der Waals surface area contributed by atoms with Gasteiger partial charge in [0.2, 0.25) is 21.9 Å². The van der Waals surface area contributed by atoms with E-state index in [1.54, 1.807) is 6.92 Å². The number of hydrogen-bond donors (Lipinski definition) is 1. The molecule has 0 aromatic carbocycles. The van der Waals surface area contributed by atoms with Gasteiger partial charge in [-0.3, -0.25) is 9.69 Å². The summed E-state index contributed by atoms with van der Waals surface area (Å²) in [6.07, 6.45) is 0.101. The van der Waals surface area contributed by atoms with E-state index in [1.165, 1.54) is 12.0 Å². The SMILES string of the molecule is COc1nc(C)nc(N2CC(CS(N)(=O)=O)CC2=O)n1. The molecule has 0 saturated carbocycles. The molecule has 1 aromatic heterocycles. The van der Waals surface area contributed by atoms with Crippen molar-refractivity contribution in [1.82, 2.24) is 15.0 Å². The number of rotatable bonds is 4. The maximum Gasteiger partial charge on any atom is 0.321 e. The van der Waals surface area contributed by atoms with Gasteiger partial charge in [0.05, 0.1) is 12.9 Å². The Kier molecular flexibility index (Phi) is 3.86. The zero-order valence-electron chi connectivity index (χ0n) is 11.1. The number of hydrogen-bond acceptors (Lipinski definition) is 7. The van der Waals surface area contributed by atoms with Crippen LogP contribution in [0.25, 0.3) is 0 Å². The number of aryl methyl sites for hydroxylation is 1. The van der Waals surface area contributed by atoms with Gasteiger partial charge in [0, 0.05) is 18.9 Å². The molecule has 2 rings (SSSR count). The highest BCUT2D eigenvalue weighted by atomic mass is 32.2. The highest BCUT2D eigenvalue weighted by Crippen LogP contribution is 2.23. The number of primary sulfonamides is 1. The molecule has 1 unspecified atom stereocenters. The summed E-state index contributed by atoms with van der Waals surface area (Å²) in [5.41, 5.74) is 0. The second-order valence-electron chi connectivity index (χ2n) is 4.57. The average Bonchev–Trinajstić information content (AvgIpc) is 2.66. The maximum absolute atomic E-state index is 11.9. The molecule has 9 nitrogen and oxygen atoms in total. The van der Waals surface area contributed by atoms with Gasteiger partial charge in [-0.25, -0.2) is 13.6 Å². The summed E-state index contributed by atoms with van der Waals surface area (Å²) in [7, 11) is -2.20. The van der Waals surface area contributed by atoms with E-state index in [-0.39, 0.29) is 42.5 Å². The normalized spacial score (nSPS) is 19.4. The summed E-state index contributed by atoms with van der Waals surface area (Å²) in [5.74, 6) is -0.270. The van der Waals surface area contributed by atoms with Crippen molar-refractivity contribution in [3.63, 3.8) is 0 Å². The second kappa shape index (κ2) is 5.29. The number of amides is 1. The summed E-state index contributed by atoms with van der Waals surface area (Å²) in [6, 6.07) is 0.107. The Morgan fingerprint density at radius 2 is 2.10 bits per heavy atom. The van der Waals surface area contributed by atoms with Gasteiger partial charge in [-0.1, -0.05) is 0 Å². The van der Waals surface area contributed by atoms with Crippen molar-refractivity contribution in [1.29, 1.82) is 0 Å². The molecule has 1 aromatic rings. The van der Waals surface area contributed by atoms with Crippen LogP contribution in [0, 0.1) is 12.8 Å². The van der Waals surface area contributed by atoms with Gasteiger partial charge in [-0.05, 0) is 6.92 Å². The molecule has 10 heteroatoms. The minimum Gasteiger partial charge on any atom is -0.467 e. The molecular weight excluding hydrogens is 286 g/mol. The van der Waals surface area contributed by atoms with Crippen LogP contribution in [-0.4, -0.2) is 48.7 Å². The molecule has 1 aliphatic heterocycles. The lowest BCUT2D eigenvalue weighted by Crippen LogP contribution is -2.29. The van der Waals surface area contributed by atoms with E-state index in [0.717, 1.165) is 0 Å². The number of ether oxygens (including phenoxy) is 1. The zero-order valence-corrected chi connectivity index (χ0v) is 11.9. The predicted molar refractivity (Wildman–Crippen MR) is 69.6 cm³/mol. The summed E-state index contributed by atoms with van der Waals surface area (Å²) in [4.78, 5) is 25.2. The molecule has 1 saturated heterocycles. The van der Waals surface area contributed by atoms with E-state index in [4.69, 9.17) is 9.88 Å². The van der Waals surface area contributed by atoms with Crippen LogP contribution in [-0.2, 0) is 14.8 Å². The van der Waals surface area contributed by atoms with Crippen LogP contribution in [0.15, 0.2) is 0 Å². The van der Waals surface area contributed by atoms with Crippen molar-refractivity contribution in [2.24, 2.45) is 11.1 Å². The van der Waals surface area contributed by atoms with Crippen molar-refractivity contribution < 1.29 is 17.9 Å². The van der Waals surface area contributed by atoms with Crippen LogP contribution in [0.4, 0.5) is 5.95 Å². The Bertz CT molecular complexity index is 633. The fourth-order valence-electron chi connectivity index (χ4n) is 2.07. The summed E-state index contributed by atoms with van der Waals surface area (Å²) in [6.45, 7) is 1.86. The largest absolute Gasteiger partial charge is 0.467 e. The van der Waals surface area contributed by atoms with Crippen molar-refractivity contribution in [3.05, 3.63) is 5.82 Å². The number of sulfonamides is 1. The van der Waals surface area contributed by atoms with Gasteiger partial charge >= 0.3 is 6.01 Å². The molecule has 0 aliphatic carbocycles. The van der Waals surface area contributed by atoms with E-state index < -0.39 is 10.0 Å². The highest BCUT2D eigenvalue weighted by Gasteiger charge is 2.34. The van der Waals surface area contributed by atoms with Gasteiger partial charge in [0.15, 0.2) is 0 Å². The second-order valence-corrected chi connectivity index (χ2v) is 6.23. The Morgan fingerprint density at radius 3 is 2.70 bits per heavy atom. The monoisotopic (exact) mass is 301 g/mol. The van der Waals surface area contributed by atoms with Crippen LogP contribution in [0.3, 0.4) is 0 Å². The van der Waals surface area contributed by atoms with Crippen LogP contribution < -0.4 is 14.8 Å². The fourth-order valence-corrected chi connectivity index (χ4v) is 2.95. The number of aromatic nitrogens is 3. The number of carbonyl (C=O) groups is 1. The van der Waals surface area contributed by atoms with E-state index in [2.05, 4.69) is 15.0 Å². The Morgan fingerprint density at radius 1 is 1.40 bits per heavy atom. The van der Waals surface area contributed by atoms with Gasteiger partial charge in [-0.15, -0.1) is 0 Å². The molecule has 1 amide bonds. The van der Waals surface area contributed by atoms with Gasteiger partial charge < -0.3 is 4.74 Å². The van der Waals surface area contributed by atoms with Crippen molar-refractivity contribution in [2.75, 3.05) is 24.3 Å². The van der Waals surface area contributed by atoms with E-state index in [1.807, 2.05) is 0 Å². The molecule has 1 aliphatic rings. The third kappa shape index (κ3) is 3.39. The third-order valence-electron chi connectivity index (χ3n) is 2.81. The quantitative estimate of drug-likeness (QED) is 0.741. The number of nitrogens with zero attached hydrogens (tertiary/aromatic N) is 4. The number of nitrogens with two attached hydrogens (primary N) is 1. The van der Waals surface area contributed by atoms with Crippen LogP contribution in [0.2, 0.25) is 0 Å². The van der Waals surface area contributed by atoms with E-state index >= 15 is 0 Å². The minimum atomic E-state index is -3.61. The molecule has 20 heavy (non-hydrogen) atoms. The molecule has 0 bridgehead atoms. The van der Waals surface area contributed by atoms with Crippen molar-refractivity contribution >= 4 is 21.9 Å². The highest BCUT2D eigenvalue weighted by molar-refractivity contribution is 7.89. The lowest BCUT2D eigenvalue weighted by Gasteiger charge is -2.14. The minimum absolute atomic E-state index is 0.101. The van der Waals surface area contributed by atoms with Gasteiger partial charge in [0.1, 0.15) is 5.82 Å². The molecule has 0 radical (unpaired) electrons. The molecule has 1 atom stereocenters. The first-order valence-corrected chi connectivity index (χ1v) is 7.57. The average molecular weight is 301 g/mol. The summed E-state index contributed by atoms with van der Waals surface area (Å²) in [5, 5.41) is 5.00. The van der Waals surface area contributed by atoms with Gasteiger partial charge in [-0.2, -0.15) is 15.0 Å². The molecule has 1 fully saturated rings. The van der Waals surface area contributed by atoms with Crippen molar-refractivity contribution in [2.45, 2.75) is 13.3 Å². The molecule has 2 heterocycles. The first kappa shape index (κ1) is 14.6. The lowest BCUT2D eigenvalue weighted by molar-refractivity contribution is -0.117. The molecular formula is C10H15N5O4S. The standard InChI is InChI=1S/C10H15N5O4S/c1-6-12-9(14-10(13-6)19-2)15-4-7(3-8(15)16)5-20(11,17)18/h7H,3-5H2,1-2H3,(H2,11,17,18). The Balaban J connectivity index is 2.21. The number of methoxy groups -OCH3 is 1.